The molecule has 1 aliphatic rings. The van der Waals surface area contributed by atoms with Crippen molar-refractivity contribution < 1.29 is 14.7 Å². The van der Waals surface area contributed by atoms with E-state index in [1.165, 1.54) is 10.9 Å². The van der Waals surface area contributed by atoms with Gasteiger partial charge in [0.2, 0.25) is 5.91 Å². The molecule has 0 fully saturated rings. The third kappa shape index (κ3) is 3.09. The summed E-state index contributed by atoms with van der Waals surface area (Å²) in [5.74, 6) is -1.29. The van der Waals surface area contributed by atoms with Crippen LogP contribution in [0.5, 0.6) is 0 Å². The predicted molar refractivity (Wildman–Crippen MR) is 82.3 cm³/mol. The lowest BCUT2D eigenvalue weighted by Crippen LogP contribution is -2.35. The molecule has 23 heavy (non-hydrogen) atoms. The van der Waals surface area contributed by atoms with Crippen molar-refractivity contribution in [3.8, 4) is 0 Å². The highest BCUT2D eigenvalue weighted by Crippen LogP contribution is 2.37. The summed E-state index contributed by atoms with van der Waals surface area (Å²) in [6, 6.07) is 0.0277. The van der Waals surface area contributed by atoms with Gasteiger partial charge in [0.1, 0.15) is 6.54 Å². The summed E-state index contributed by atoms with van der Waals surface area (Å²) in [6.45, 7) is 1.95. The molecule has 1 N–H and O–H groups in total. The standard InChI is InChI=1S/C14H17N5O3S/c1-8-15-9-4-3-5-11(13(9)23-8)18(2)12(20)7-19-6-10(14(21)22)16-17-19/h6,11H,3-5,7H2,1-2H3,(H,21,22). The van der Waals surface area contributed by atoms with Crippen LogP contribution in [0, 0.1) is 6.92 Å². The van der Waals surface area contributed by atoms with Crippen LogP contribution < -0.4 is 0 Å². The van der Waals surface area contributed by atoms with Gasteiger partial charge in [0.15, 0.2) is 5.69 Å². The highest BCUT2D eigenvalue weighted by molar-refractivity contribution is 7.11. The summed E-state index contributed by atoms with van der Waals surface area (Å²) in [4.78, 5) is 30.7. The van der Waals surface area contributed by atoms with E-state index in [0.29, 0.717) is 0 Å². The molecule has 2 heterocycles. The molecule has 1 aliphatic carbocycles. The summed E-state index contributed by atoms with van der Waals surface area (Å²) in [5.41, 5.74) is 0.927. The van der Waals surface area contributed by atoms with Gasteiger partial charge in [0.05, 0.1) is 27.8 Å². The number of carboxylic acids is 1. The van der Waals surface area contributed by atoms with E-state index < -0.39 is 5.97 Å². The first-order valence-corrected chi connectivity index (χ1v) is 8.12. The molecule has 9 heteroatoms. The molecule has 1 amide bonds. The summed E-state index contributed by atoms with van der Waals surface area (Å²) in [7, 11) is 1.77. The Labute approximate surface area is 136 Å². The monoisotopic (exact) mass is 335 g/mol. The van der Waals surface area contributed by atoms with Gasteiger partial charge in [-0.25, -0.2) is 14.5 Å². The minimum absolute atomic E-state index is 0.0274. The van der Waals surface area contributed by atoms with E-state index in [4.69, 9.17) is 5.11 Å². The van der Waals surface area contributed by atoms with E-state index in [1.807, 2.05) is 6.92 Å². The number of carboxylic acid groups (broad SMARTS) is 1. The number of thiazole rings is 1. The Hall–Kier alpha value is -2.29. The van der Waals surface area contributed by atoms with Crippen LogP contribution in [0.15, 0.2) is 6.20 Å². The molecule has 2 aromatic heterocycles. The summed E-state index contributed by atoms with van der Waals surface area (Å²) < 4.78 is 1.25. The number of hydrogen-bond acceptors (Lipinski definition) is 6. The van der Waals surface area contributed by atoms with Crippen molar-refractivity contribution in [2.75, 3.05) is 7.05 Å². The fraction of sp³-hybridized carbons (Fsp3) is 0.500. The molecule has 122 valence electrons. The molecule has 0 bridgehead atoms. The van der Waals surface area contributed by atoms with Gasteiger partial charge in [-0.1, -0.05) is 5.21 Å². The number of carbonyl (C=O) groups is 2. The molecule has 0 saturated carbocycles. The normalized spacial score (nSPS) is 16.9. The number of hydrogen-bond donors (Lipinski definition) is 1. The van der Waals surface area contributed by atoms with Gasteiger partial charge < -0.3 is 10.0 Å². The van der Waals surface area contributed by atoms with Crippen LogP contribution in [0.4, 0.5) is 0 Å². The number of nitrogens with zero attached hydrogens (tertiary/aromatic N) is 5. The summed E-state index contributed by atoms with van der Waals surface area (Å²) in [6.07, 6.45) is 4.14. The third-order valence-electron chi connectivity index (χ3n) is 3.94. The Morgan fingerprint density at radius 2 is 2.30 bits per heavy atom. The second-order valence-corrected chi connectivity index (χ2v) is 6.80. The fourth-order valence-electron chi connectivity index (χ4n) is 2.79. The van der Waals surface area contributed by atoms with Crippen LogP contribution in [0.3, 0.4) is 0 Å². The van der Waals surface area contributed by atoms with E-state index in [-0.39, 0.29) is 24.2 Å². The van der Waals surface area contributed by atoms with Crippen molar-refractivity contribution >= 4 is 23.2 Å². The molecule has 8 nitrogen and oxygen atoms in total. The molecule has 0 aliphatic heterocycles. The van der Waals surface area contributed by atoms with Crippen LogP contribution in [0.1, 0.15) is 45.0 Å². The maximum atomic E-state index is 12.5. The van der Waals surface area contributed by atoms with Gasteiger partial charge in [0.25, 0.3) is 0 Å². The molecule has 0 saturated heterocycles. The van der Waals surface area contributed by atoms with Gasteiger partial charge in [-0.05, 0) is 26.2 Å². The average molecular weight is 335 g/mol. The fourth-order valence-corrected chi connectivity index (χ4v) is 3.94. The number of aromatic nitrogens is 4. The van der Waals surface area contributed by atoms with Crippen LogP contribution >= 0.6 is 11.3 Å². The van der Waals surface area contributed by atoms with Gasteiger partial charge >= 0.3 is 5.97 Å². The van der Waals surface area contributed by atoms with Gasteiger partial charge in [-0.3, -0.25) is 4.79 Å². The topological polar surface area (TPSA) is 101 Å². The number of aromatic carboxylic acids is 1. The van der Waals surface area contributed by atoms with E-state index >= 15 is 0 Å². The molecule has 3 rings (SSSR count). The second kappa shape index (κ2) is 6.07. The first kappa shape index (κ1) is 15.6. The third-order valence-corrected chi connectivity index (χ3v) is 5.06. The molecule has 1 atom stereocenters. The Kier molecular flexibility index (Phi) is 4.12. The lowest BCUT2D eigenvalue weighted by Gasteiger charge is -2.30. The molecule has 2 aromatic rings. The van der Waals surface area contributed by atoms with Gasteiger partial charge in [0, 0.05) is 7.05 Å². The number of rotatable bonds is 4. The number of amides is 1. The van der Waals surface area contributed by atoms with Crippen molar-refractivity contribution in [3.05, 3.63) is 27.5 Å². The van der Waals surface area contributed by atoms with Gasteiger partial charge in [-0.2, -0.15) is 0 Å². The molecule has 1 unspecified atom stereocenters. The SMILES string of the molecule is Cc1nc2c(s1)C(N(C)C(=O)Cn1cc(C(=O)O)nn1)CCC2. The maximum Gasteiger partial charge on any atom is 0.358 e. The van der Waals surface area contributed by atoms with Crippen molar-refractivity contribution in [2.45, 2.75) is 38.8 Å². The number of fused-ring (bicyclic) bond motifs is 1. The van der Waals surface area contributed by atoms with Crippen molar-refractivity contribution in [1.82, 2.24) is 24.9 Å². The number of aryl methyl sites for hydroxylation is 2. The average Bonchev–Trinajstić information content (AvgIpc) is 3.11. The maximum absolute atomic E-state index is 12.5. The van der Waals surface area contributed by atoms with Crippen molar-refractivity contribution in [3.63, 3.8) is 0 Å². The Bertz CT molecular complexity index is 753. The van der Waals surface area contributed by atoms with Crippen LogP contribution in [-0.4, -0.2) is 48.9 Å². The minimum atomic E-state index is -1.16. The summed E-state index contributed by atoms with van der Waals surface area (Å²) in [5, 5.41) is 17.1. The first-order chi connectivity index (χ1) is 11.0. The molecule has 0 spiro atoms. The lowest BCUT2D eigenvalue weighted by atomic mass is 9.97. The smallest absolute Gasteiger partial charge is 0.358 e. The van der Waals surface area contributed by atoms with Gasteiger partial charge in [-0.15, -0.1) is 16.4 Å². The number of carbonyl (C=O) groups excluding carboxylic acids is 1. The van der Waals surface area contributed by atoms with E-state index in [2.05, 4.69) is 15.3 Å². The highest BCUT2D eigenvalue weighted by Gasteiger charge is 2.29. The molecular weight excluding hydrogens is 318 g/mol. The zero-order valence-electron chi connectivity index (χ0n) is 12.9. The van der Waals surface area contributed by atoms with Crippen molar-refractivity contribution in [2.24, 2.45) is 0 Å². The Morgan fingerprint density at radius 1 is 1.52 bits per heavy atom. The lowest BCUT2D eigenvalue weighted by molar-refractivity contribution is -0.133. The molecule has 0 radical (unpaired) electrons. The predicted octanol–water partition coefficient (Wildman–Crippen LogP) is 1.28. The first-order valence-electron chi connectivity index (χ1n) is 7.31. The highest BCUT2D eigenvalue weighted by atomic mass is 32.1. The van der Waals surface area contributed by atoms with Crippen LogP contribution in [0.25, 0.3) is 0 Å². The van der Waals surface area contributed by atoms with E-state index in [0.717, 1.165) is 34.8 Å². The molecule has 0 aromatic carbocycles. The summed E-state index contributed by atoms with van der Waals surface area (Å²) >= 11 is 1.64. The Balaban J connectivity index is 1.73. The zero-order valence-corrected chi connectivity index (χ0v) is 13.7. The number of likely N-dealkylation sites (N-methyl/N-ethyl adjacent to an activating group) is 1. The molecular formula is C14H17N5O3S. The van der Waals surface area contributed by atoms with Crippen LogP contribution in [-0.2, 0) is 17.8 Å². The minimum Gasteiger partial charge on any atom is -0.476 e. The van der Waals surface area contributed by atoms with E-state index in [9.17, 15) is 9.59 Å². The van der Waals surface area contributed by atoms with Crippen molar-refractivity contribution in [1.29, 1.82) is 0 Å². The zero-order chi connectivity index (χ0) is 16.6. The quantitative estimate of drug-likeness (QED) is 0.903. The largest absolute Gasteiger partial charge is 0.476 e. The Morgan fingerprint density at radius 3 is 3.00 bits per heavy atom. The van der Waals surface area contributed by atoms with Crippen LogP contribution in [0.2, 0.25) is 0 Å². The van der Waals surface area contributed by atoms with E-state index in [1.54, 1.807) is 23.3 Å². The second-order valence-electron chi connectivity index (χ2n) is 5.56.